The second kappa shape index (κ2) is 54.5. The molecule has 0 unspecified atom stereocenters. The van der Waals surface area contributed by atoms with Gasteiger partial charge in [0.2, 0.25) is 26.4 Å². The Balaban J connectivity index is 0.000000371. The van der Waals surface area contributed by atoms with Crippen LogP contribution in [0.2, 0.25) is 51.9 Å². The molecule has 36 nitrogen and oxygen atoms in total. The molecule has 0 spiro atoms. The summed E-state index contributed by atoms with van der Waals surface area (Å²) in [5.41, 5.74) is 11.2. The Kier molecular flexibility index (Phi) is 48.6. The predicted octanol–water partition coefficient (Wildman–Crippen LogP) is 9.33. The second-order valence-corrected chi connectivity index (χ2v) is 31.2. The van der Waals surface area contributed by atoms with E-state index in [1.54, 1.807) is 116 Å². The molecule has 0 fully saturated rings. The number of anilines is 6. The molecular weight excluding hydrogens is 2150 g/mol. The van der Waals surface area contributed by atoms with Gasteiger partial charge in [-0.1, -0.05) is 80.6 Å². The van der Waals surface area contributed by atoms with Crippen molar-refractivity contribution >= 4 is 226 Å². The number of aryl methyl sites for hydroxylation is 1. The summed E-state index contributed by atoms with van der Waals surface area (Å²) in [6.07, 6.45) is 10.4. The number of carbonyl (C=O) groups is 2. The number of amides is 4. The number of alkyl halides is 2. The van der Waals surface area contributed by atoms with Crippen LogP contribution in [0.15, 0.2) is 129 Å². The third-order valence-electron chi connectivity index (χ3n) is 15.0. The number of nitrogens with two attached hydrogens (primary N) is 1. The summed E-state index contributed by atoms with van der Waals surface area (Å²) in [6.45, 7) is 2.59. The number of urea groups is 2. The van der Waals surface area contributed by atoms with Crippen molar-refractivity contribution in [1.82, 2.24) is 69.8 Å². The summed E-state index contributed by atoms with van der Waals surface area (Å²) in [5.74, 6) is 5.35. The molecule has 11 aromatic rings. The van der Waals surface area contributed by atoms with Crippen molar-refractivity contribution in [2.75, 3.05) is 94.5 Å². The van der Waals surface area contributed by atoms with Crippen LogP contribution in [-0.4, -0.2) is 159 Å². The summed E-state index contributed by atoms with van der Waals surface area (Å²) >= 11 is 66.0. The van der Waals surface area contributed by atoms with Gasteiger partial charge in [-0.3, -0.25) is 39.2 Å². The van der Waals surface area contributed by atoms with Crippen molar-refractivity contribution in [2.45, 2.75) is 43.5 Å². The minimum absolute atomic E-state index is 0. The number of carbonyl (C=O) groups excluding carboxylic acids is 2. The molecule has 123 heavy (non-hydrogen) atoms. The Bertz CT molecular complexity index is 5590. The number of methoxy groups -OCH3 is 7. The van der Waals surface area contributed by atoms with Gasteiger partial charge in [-0.05, 0) is 82.6 Å². The quantitative estimate of drug-likeness (QED) is 0.00955. The van der Waals surface area contributed by atoms with Crippen LogP contribution in [0, 0.1) is 6.92 Å². The zero-order chi connectivity index (χ0) is 90.1. The molecule has 656 valence electrons. The van der Waals surface area contributed by atoms with Crippen LogP contribution in [0.1, 0.15) is 38.9 Å². The fraction of sp³-hybridized carbons (Fsp3) is 0.229. The summed E-state index contributed by atoms with van der Waals surface area (Å²) in [7, 11) is 18.9. The van der Waals surface area contributed by atoms with Crippen LogP contribution in [-0.2, 0) is 44.8 Å². The van der Waals surface area contributed by atoms with E-state index in [1.807, 2.05) is 41.2 Å². The topological polar surface area (TPSA) is 464 Å². The number of benzene rings is 4. The normalized spacial score (nSPS) is 11.3. The van der Waals surface area contributed by atoms with Crippen molar-refractivity contribution in [3.8, 4) is 40.2 Å². The molecule has 2 aliphatic heterocycles. The van der Waals surface area contributed by atoms with E-state index in [9.17, 15) is 28.8 Å². The third kappa shape index (κ3) is 35.7. The molecule has 0 radical (unpaired) electrons. The van der Waals surface area contributed by atoms with Crippen LogP contribution in [0.25, 0.3) is 0 Å². The van der Waals surface area contributed by atoms with Gasteiger partial charge < -0.3 is 83.3 Å². The first kappa shape index (κ1) is 110. The van der Waals surface area contributed by atoms with E-state index < -0.39 is 25.2 Å². The molecule has 0 aliphatic carbocycles. The van der Waals surface area contributed by atoms with E-state index in [1.165, 1.54) is 53.6 Å². The van der Waals surface area contributed by atoms with E-state index in [2.05, 4.69) is 109 Å². The van der Waals surface area contributed by atoms with Crippen molar-refractivity contribution in [3.05, 3.63) is 243 Å². The van der Waals surface area contributed by atoms with E-state index >= 15 is 0 Å². The Morgan fingerprint density at radius 3 is 1.33 bits per heavy atom. The number of H-pyrrole nitrogens is 4. The summed E-state index contributed by atoms with van der Waals surface area (Å²) < 4.78 is 55.6. The smallest absolute Gasteiger partial charge is 1.00 e. The first-order valence-electron chi connectivity index (χ1n) is 33.1. The Labute approximate surface area is 818 Å². The molecule has 0 saturated carbocycles. The van der Waals surface area contributed by atoms with Gasteiger partial charge in [-0.15, -0.1) is 11.6 Å². The van der Waals surface area contributed by atoms with E-state index in [0.29, 0.717) is 97.4 Å². The molecule has 53 heteroatoms. The van der Waals surface area contributed by atoms with Gasteiger partial charge >= 0.3 is 61.3 Å². The number of rotatable bonds is 15. The van der Waals surface area contributed by atoms with Crippen molar-refractivity contribution in [2.24, 2.45) is 0 Å². The maximum atomic E-state index is 12.9. The monoisotopic (exact) mass is 2210 g/mol. The number of nitrogens with zero attached hydrogens (tertiary/aromatic N) is 14. The first-order valence-corrected chi connectivity index (χ1v) is 42.0. The number of halogens is 15. The largest absolute Gasteiger partial charge is 1.00 e. The number of fused-ring (bicyclic) bond motifs is 2. The van der Waals surface area contributed by atoms with Crippen molar-refractivity contribution in [3.63, 3.8) is 0 Å². The van der Waals surface area contributed by atoms with Crippen LogP contribution in [0.3, 0.4) is 0 Å². The number of aromatic amines is 4. The van der Waals surface area contributed by atoms with E-state index in [-0.39, 0.29) is 132 Å². The summed E-state index contributed by atoms with van der Waals surface area (Å²) in [6, 6.07) is 18.6. The average molecular weight is 2220 g/mol. The molecule has 0 atom stereocenters. The summed E-state index contributed by atoms with van der Waals surface area (Å²) in [4.78, 5) is 120. The van der Waals surface area contributed by atoms with Gasteiger partial charge in [0.05, 0.1) is 92.3 Å². The molecule has 8 N–H and O–H groups in total. The molecular formula is C70H68Cl13I2N20NaO16S. The standard InChI is InChI=1S/C15H13Cl3N4O3.C15H15ClN4O3.C13H13Cl2N3O2.C8H11NO.C5H3Cl3N2.C5H3Cl2IN2.C5H6N2O3.C4H4N2O2.Cl2O2S.HI.Na/c1-21-13-7(5-19-14(18)20-13)6-22(15(21)23)12-10(16)8(24-2)4-9(25-3)11(12)17;1-19-13-9(7-17-14(16)18-13)8-20(15(19)21)10-4-11(22-2)6-12(5-10)23-3;1-19-10-3-9(4-11(5-10)20-2)16-6-8-7-17-13(15)18-12(8)14;1-6-3-7(9)5-8(4-6)10-2;6-1-3-2-9-5(8)10-4(3)7;6-4-3(1-8)2-9-5(7)10-4;8-2-3-1-6-5(10)7-4(3)9;7-3-1-2-5-4(8)6-3;1-5(2,3)4;;/h4-5H,6H2,1-3H3;4-7H,8H2,1-3H3;3-5,7,16H,6H2,1-2H3;3-5H,9H2,1-2H3;2*2H,1H2;1,8H,2H2,(H2,6,7,9,10);1-2H,(H2,5,6,7,8);;1H;/q;;;;;;;;;;+1/p-1. The van der Waals surface area contributed by atoms with Gasteiger partial charge in [0.15, 0.2) is 0 Å². The van der Waals surface area contributed by atoms with E-state index in [4.69, 9.17) is 180 Å². The van der Waals surface area contributed by atoms with Gasteiger partial charge in [0.1, 0.15) is 77.4 Å². The van der Waals surface area contributed by atoms with Crippen LogP contribution in [0.5, 0.6) is 40.2 Å². The predicted molar refractivity (Wildman–Crippen MR) is 478 cm³/mol. The summed E-state index contributed by atoms with van der Waals surface area (Å²) in [5, 5.41) is 13.8. The number of nitrogens with one attached hydrogen (secondary N) is 5. The maximum absolute atomic E-state index is 12.9. The molecule has 4 amide bonds. The minimum atomic E-state index is -3.72. The first-order chi connectivity index (χ1) is 57.2. The molecule has 9 heterocycles. The number of aliphatic hydroxyl groups is 1. The molecule has 13 rings (SSSR count). The second-order valence-electron chi connectivity index (χ2n) is 23.0. The number of aromatic nitrogens is 14. The number of hydrogen-bond acceptors (Lipinski definition) is 28. The fourth-order valence-corrected chi connectivity index (χ4v) is 12.5. The molecule has 0 saturated heterocycles. The Morgan fingerprint density at radius 2 is 0.935 bits per heavy atom. The van der Waals surface area contributed by atoms with Crippen LogP contribution in [0.4, 0.5) is 44.0 Å². The zero-order valence-electron chi connectivity index (χ0n) is 65.6. The molecule has 0 bridgehead atoms. The van der Waals surface area contributed by atoms with Gasteiger partial charge in [0, 0.05) is 184 Å². The van der Waals surface area contributed by atoms with E-state index in [0.717, 1.165) is 43.8 Å². The molecule has 7 aromatic heterocycles. The number of aliphatic hydroxyl groups excluding tert-OH is 1. The fourth-order valence-electron chi connectivity index (χ4n) is 9.35. The maximum Gasteiger partial charge on any atom is 1.00 e. The molecule has 2 aliphatic rings. The third-order valence-corrected chi connectivity index (χ3v) is 18.7. The average Bonchev–Trinajstić information content (AvgIpc) is 0.759. The van der Waals surface area contributed by atoms with Crippen molar-refractivity contribution in [1.29, 1.82) is 0 Å². The Morgan fingerprint density at radius 1 is 0.528 bits per heavy atom. The number of nitrogen functional groups attached to an aromatic ring is 1. The van der Waals surface area contributed by atoms with Crippen LogP contribution < -0.4 is 140 Å². The SMILES string of the molecule is COc1cc(C)cc(N)c1.COc1cc(NCc2cnc(Cl)nc2Cl)cc(OC)c1.COc1cc(OC)c(Cl)c(N2Cc3cnc(Cl)nc3N(C)C2=O)c1Cl.COc1cc(OC)cc(N2Cc3cnc(Cl)nc3N(C)C2=O)c1.ClCc1cnc(Cl)nc1Cl.Clc1ncc(CI)c(Cl)n1.O=S(=O)(Cl)Cl.O=c1[nH]cc(CO)c(=O)[nH]1.O=c1cc[nH]c(=O)[nH]1.[I-].[Na+]. The van der Waals surface area contributed by atoms with Gasteiger partial charge in [-0.2, -0.15) is 18.4 Å². The van der Waals surface area contributed by atoms with Gasteiger partial charge in [-0.25, -0.2) is 59.0 Å². The Hall–Kier alpha value is -7.48. The zero-order valence-corrected chi connectivity index (χ0v) is 82.6. The van der Waals surface area contributed by atoms with Crippen molar-refractivity contribution < 1.29 is 110 Å². The minimum Gasteiger partial charge on any atom is -1.00 e. The number of hydrogen-bond donors (Lipinski definition) is 7. The molecule has 4 aromatic carbocycles. The van der Waals surface area contributed by atoms with Crippen LogP contribution >= 0.6 is 172 Å². The van der Waals surface area contributed by atoms with Gasteiger partial charge in [0.25, 0.3) is 11.1 Å². The number of ether oxygens (including phenoxy) is 7.